The van der Waals surface area contributed by atoms with Gasteiger partial charge in [-0.05, 0) is 28.5 Å². The molecule has 0 spiro atoms. The summed E-state index contributed by atoms with van der Waals surface area (Å²) in [7, 11) is 0. The van der Waals surface area contributed by atoms with E-state index in [4.69, 9.17) is 11.6 Å². The highest BCUT2D eigenvalue weighted by Gasteiger charge is 2.01. The van der Waals surface area contributed by atoms with Crippen LogP contribution in [-0.2, 0) is 11.7 Å². The van der Waals surface area contributed by atoms with Crippen molar-refractivity contribution in [2.75, 3.05) is 0 Å². The van der Waals surface area contributed by atoms with E-state index in [1.165, 1.54) is 0 Å². The molecule has 2 heteroatoms. The molecule has 0 atom stereocenters. The van der Waals surface area contributed by atoms with Crippen molar-refractivity contribution in [3.8, 4) is 0 Å². The summed E-state index contributed by atoms with van der Waals surface area (Å²) >= 11 is 5.86. The first-order valence-electron chi connectivity index (χ1n) is 4.06. The van der Waals surface area contributed by atoms with Gasteiger partial charge in [0.1, 0.15) is 6.61 Å². The highest BCUT2D eigenvalue weighted by atomic mass is 35.5. The van der Waals surface area contributed by atoms with E-state index in [2.05, 4.69) is 0 Å². The Balaban J connectivity index is 2.81. The molecule has 0 amide bonds. The fourth-order valence-electron chi connectivity index (χ4n) is 1.47. The second-order valence-electron chi connectivity index (χ2n) is 2.93. The van der Waals surface area contributed by atoms with Crippen LogP contribution in [0.2, 0.25) is 5.02 Å². The van der Waals surface area contributed by atoms with Crippen LogP contribution in [0, 0.1) is 0 Å². The van der Waals surface area contributed by atoms with Crippen LogP contribution in [-0.4, -0.2) is 0 Å². The predicted octanol–water partition coefficient (Wildman–Crippen LogP) is 3.42. The maximum absolute atomic E-state index is 10.8. The Morgan fingerprint density at radius 2 is 1.92 bits per heavy atom. The number of fused-ring (bicyclic) bond motifs is 1. The van der Waals surface area contributed by atoms with E-state index < -0.39 is 0 Å². The van der Waals surface area contributed by atoms with Gasteiger partial charge in [0.25, 0.3) is 0 Å². The minimum absolute atomic E-state index is 0.221. The Labute approximate surface area is 81.6 Å². The molecule has 0 aromatic heterocycles. The monoisotopic (exact) mass is 191 g/mol. The van der Waals surface area contributed by atoms with E-state index in [0.717, 1.165) is 16.3 Å². The Morgan fingerprint density at radius 1 is 1.15 bits per heavy atom. The van der Waals surface area contributed by atoms with Crippen molar-refractivity contribution >= 4 is 22.4 Å². The van der Waals surface area contributed by atoms with E-state index in [-0.39, 0.29) is 6.61 Å². The smallest absolute Gasteiger partial charge is 0.108 e. The molecule has 2 aromatic carbocycles. The quantitative estimate of drug-likeness (QED) is 0.658. The Kier molecular flexibility index (Phi) is 2.21. The fraction of sp³-hybridized carbons (Fsp3) is 0.0909. The van der Waals surface area contributed by atoms with Crippen molar-refractivity contribution in [2.24, 2.45) is 0 Å². The summed E-state index contributed by atoms with van der Waals surface area (Å²) in [6.45, 7) is -0.221. The van der Waals surface area contributed by atoms with Crippen molar-refractivity contribution in [2.45, 2.75) is 6.61 Å². The lowest BCUT2D eigenvalue weighted by Crippen LogP contribution is -1.84. The van der Waals surface area contributed by atoms with Gasteiger partial charge in [0.2, 0.25) is 0 Å². The zero-order valence-electron chi connectivity index (χ0n) is 6.96. The zero-order chi connectivity index (χ0) is 9.26. The molecule has 0 aliphatic carbocycles. The molecule has 0 aliphatic rings. The largest absolute Gasteiger partial charge is 0.232 e. The van der Waals surface area contributed by atoms with Gasteiger partial charge in [-0.1, -0.05) is 35.9 Å². The maximum atomic E-state index is 10.8. The molecule has 0 N–H and O–H groups in total. The molecule has 0 saturated carbocycles. The van der Waals surface area contributed by atoms with Gasteiger partial charge >= 0.3 is 0 Å². The molecule has 1 nitrogen and oxygen atoms in total. The topological polar surface area (TPSA) is 19.9 Å². The van der Waals surface area contributed by atoms with Crippen LogP contribution in [0.5, 0.6) is 0 Å². The van der Waals surface area contributed by atoms with Crippen molar-refractivity contribution < 1.29 is 5.11 Å². The number of benzene rings is 2. The second kappa shape index (κ2) is 3.36. The second-order valence-corrected chi connectivity index (χ2v) is 3.37. The Bertz CT molecular complexity index is 437. The van der Waals surface area contributed by atoms with Gasteiger partial charge in [-0.15, -0.1) is 0 Å². The summed E-state index contributed by atoms with van der Waals surface area (Å²) < 4.78 is 0. The van der Waals surface area contributed by atoms with E-state index >= 15 is 0 Å². The van der Waals surface area contributed by atoms with Crippen LogP contribution >= 0.6 is 11.6 Å². The lowest BCUT2D eigenvalue weighted by atomic mass is 10.1. The first kappa shape index (κ1) is 8.54. The molecule has 65 valence electrons. The van der Waals surface area contributed by atoms with Gasteiger partial charge < -0.3 is 0 Å². The number of hydrogen-bond donors (Lipinski definition) is 0. The molecule has 0 fully saturated rings. The molecule has 0 bridgehead atoms. The van der Waals surface area contributed by atoms with E-state index in [1.54, 1.807) is 6.07 Å². The summed E-state index contributed by atoms with van der Waals surface area (Å²) in [6.07, 6.45) is 0. The summed E-state index contributed by atoms with van der Waals surface area (Å²) in [5.41, 5.74) is 0.767. The average molecular weight is 192 g/mol. The van der Waals surface area contributed by atoms with Crippen LogP contribution in [0.4, 0.5) is 0 Å². The SMILES string of the molecule is [O]Cc1cc(Cl)cc2ccccc12. The molecular formula is C11H8ClO. The summed E-state index contributed by atoms with van der Waals surface area (Å²) in [6, 6.07) is 11.4. The van der Waals surface area contributed by atoms with Crippen molar-refractivity contribution in [3.63, 3.8) is 0 Å². The molecule has 0 saturated heterocycles. The molecule has 0 unspecified atom stereocenters. The first-order chi connectivity index (χ1) is 6.31. The number of hydrogen-bond acceptors (Lipinski definition) is 0. The molecule has 1 radical (unpaired) electrons. The fourth-order valence-corrected chi connectivity index (χ4v) is 1.72. The van der Waals surface area contributed by atoms with E-state index in [9.17, 15) is 5.11 Å². The summed E-state index contributed by atoms with van der Waals surface area (Å²) in [5, 5.41) is 13.5. The standard InChI is InChI=1S/C11H8ClO/c12-10-5-8-3-1-2-4-11(8)9(6-10)7-13/h1-6H,7H2. The maximum Gasteiger partial charge on any atom is 0.108 e. The molecule has 13 heavy (non-hydrogen) atoms. The van der Waals surface area contributed by atoms with Gasteiger partial charge in [-0.2, -0.15) is 0 Å². The van der Waals surface area contributed by atoms with Crippen LogP contribution < -0.4 is 0 Å². The van der Waals surface area contributed by atoms with E-state index in [1.807, 2.05) is 30.3 Å². The lowest BCUT2D eigenvalue weighted by molar-refractivity contribution is 0.179. The van der Waals surface area contributed by atoms with Crippen LogP contribution in [0.3, 0.4) is 0 Å². The van der Waals surface area contributed by atoms with Crippen molar-refractivity contribution in [1.82, 2.24) is 0 Å². The minimum Gasteiger partial charge on any atom is -0.232 e. The van der Waals surface area contributed by atoms with Crippen LogP contribution in [0.1, 0.15) is 5.56 Å². The zero-order valence-corrected chi connectivity index (χ0v) is 7.71. The van der Waals surface area contributed by atoms with Crippen molar-refractivity contribution in [3.05, 3.63) is 47.0 Å². The molecule has 0 aliphatic heterocycles. The third-order valence-corrected chi connectivity index (χ3v) is 2.29. The van der Waals surface area contributed by atoms with Crippen molar-refractivity contribution in [1.29, 1.82) is 0 Å². The lowest BCUT2D eigenvalue weighted by Gasteiger charge is -2.03. The minimum atomic E-state index is -0.221. The molecule has 0 heterocycles. The van der Waals surface area contributed by atoms with Gasteiger partial charge in [-0.3, -0.25) is 0 Å². The molecule has 2 rings (SSSR count). The molecular weight excluding hydrogens is 184 g/mol. The third kappa shape index (κ3) is 1.53. The van der Waals surface area contributed by atoms with Gasteiger partial charge in [0.15, 0.2) is 0 Å². The number of rotatable bonds is 1. The third-order valence-electron chi connectivity index (χ3n) is 2.07. The predicted molar refractivity (Wildman–Crippen MR) is 53.3 cm³/mol. The normalized spacial score (nSPS) is 10.6. The van der Waals surface area contributed by atoms with E-state index in [0.29, 0.717) is 5.02 Å². The molecule has 2 aromatic rings. The Hall–Kier alpha value is -1.05. The highest BCUT2D eigenvalue weighted by Crippen LogP contribution is 2.23. The van der Waals surface area contributed by atoms with Gasteiger partial charge in [0, 0.05) is 5.02 Å². The Morgan fingerprint density at radius 3 is 2.69 bits per heavy atom. The number of halogens is 1. The first-order valence-corrected chi connectivity index (χ1v) is 4.44. The van der Waals surface area contributed by atoms with Crippen LogP contribution in [0.15, 0.2) is 36.4 Å². The summed E-state index contributed by atoms with van der Waals surface area (Å²) in [4.78, 5) is 0. The van der Waals surface area contributed by atoms with Crippen LogP contribution in [0.25, 0.3) is 10.8 Å². The van der Waals surface area contributed by atoms with Gasteiger partial charge in [0.05, 0.1) is 0 Å². The van der Waals surface area contributed by atoms with Gasteiger partial charge in [-0.25, -0.2) is 5.11 Å². The average Bonchev–Trinajstić information content (AvgIpc) is 2.16. The highest BCUT2D eigenvalue weighted by molar-refractivity contribution is 6.31. The summed E-state index contributed by atoms with van der Waals surface area (Å²) in [5.74, 6) is 0.